The van der Waals surface area contributed by atoms with Gasteiger partial charge in [-0.2, -0.15) is 0 Å². The Morgan fingerprint density at radius 2 is 1.80 bits per heavy atom. The molecule has 3 nitrogen and oxygen atoms in total. The quantitative estimate of drug-likeness (QED) is 0.899. The van der Waals surface area contributed by atoms with Gasteiger partial charge in [-0.3, -0.25) is 0 Å². The Morgan fingerprint density at radius 3 is 2.40 bits per heavy atom. The number of likely N-dealkylation sites (N-methyl/N-ethyl adjacent to an activating group) is 1. The normalized spacial score (nSPS) is 28.6. The second-order valence-electron chi connectivity index (χ2n) is 7.33. The van der Waals surface area contributed by atoms with E-state index in [0.717, 1.165) is 19.6 Å². The van der Waals surface area contributed by atoms with E-state index in [1.54, 1.807) is 0 Å². The van der Waals surface area contributed by atoms with E-state index in [2.05, 4.69) is 55.0 Å². The lowest BCUT2D eigenvalue weighted by molar-refractivity contribution is 0.324. The van der Waals surface area contributed by atoms with Gasteiger partial charge >= 0.3 is 0 Å². The van der Waals surface area contributed by atoms with Gasteiger partial charge in [0.05, 0.1) is 16.9 Å². The summed E-state index contributed by atoms with van der Waals surface area (Å²) < 4.78 is 0. The minimum absolute atomic E-state index is 0.154. The molecule has 0 saturated heterocycles. The maximum absolute atomic E-state index is 6.26. The van der Waals surface area contributed by atoms with Gasteiger partial charge in [-0.25, -0.2) is 0 Å². The van der Waals surface area contributed by atoms with Crippen LogP contribution < -0.4 is 15.5 Å². The monoisotopic (exact) mass is 273 g/mol. The van der Waals surface area contributed by atoms with Crippen molar-refractivity contribution in [2.75, 3.05) is 36.5 Å². The molecule has 0 amide bonds. The molecule has 1 aliphatic carbocycles. The summed E-state index contributed by atoms with van der Waals surface area (Å²) in [5.74, 6) is 0. The molecule has 110 valence electrons. The zero-order chi connectivity index (χ0) is 14.4. The highest BCUT2D eigenvalue weighted by atomic mass is 15.3. The van der Waals surface area contributed by atoms with Crippen LogP contribution in [0.5, 0.6) is 0 Å². The zero-order valence-corrected chi connectivity index (χ0v) is 13.0. The summed E-state index contributed by atoms with van der Waals surface area (Å²) in [7, 11) is 2.18. The second-order valence-corrected chi connectivity index (χ2v) is 7.33. The minimum Gasteiger partial charge on any atom is -0.371 e. The van der Waals surface area contributed by atoms with Crippen LogP contribution in [0.2, 0.25) is 0 Å². The van der Waals surface area contributed by atoms with Crippen LogP contribution in [0.15, 0.2) is 24.3 Å². The Balaban J connectivity index is 2.00. The maximum Gasteiger partial charge on any atom is 0.0609 e. The van der Waals surface area contributed by atoms with Crippen LogP contribution in [0.1, 0.15) is 33.1 Å². The van der Waals surface area contributed by atoms with E-state index in [9.17, 15) is 0 Å². The lowest BCUT2D eigenvalue weighted by atomic mass is 9.86. The van der Waals surface area contributed by atoms with E-state index in [-0.39, 0.29) is 5.54 Å². The Labute approximate surface area is 122 Å². The Hall–Kier alpha value is -1.22. The lowest BCUT2D eigenvalue weighted by Gasteiger charge is -2.48. The highest BCUT2D eigenvalue weighted by molar-refractivity contribution is 5.74. The Morgan fingerprint density at radius 1 is 1.10 bits per heavy atom. The number of fused-ring (bicyclic) bond motifs is 1. The van der Waals surface area contributed by atoms with Crippen LogP contribution in [-0.4, -0.2) is 32.2 Å². The first-order chi connectivity index (χ1) is 9.47. The third-order valence-corrected chi connectivity index (χ3v) is 5.27. The van der Waals surface area contributed by atoms with Crippen molar-refractivity contribution in [2.45, 2.75) is 38.6 Å². The van der Waals surface area contributed by atoms with E-state index in [1.165, 1.54) is 30.6 Å². The van der Waals surface area contributed by atoms with Crippen molar-refractivity contribution in [2.24, 2.45) is 11.1 Å². The number of nitrogens with two attached hydrogens (primary N) is 1. The summed E-state index contributed by atoms with van der Waals surface area (Å²) in [5, 5.41) is 0. The standard InChI is InChI=1S/C17H27N3/c1-16(2)8-9-17(12-16,13-18)20-11-10-19(3)14-6-4-5-7-15(14)20/h4-7H,8-13,18H2,1-3H3. The van der Waals surface area contributed by atoms with Crippen molar-refractivity contribution < 1.29 is 0 Å². The molecule has 0 aromatic heterocycles. The zero-order valence-electron chi connectivity index (χ0n) is 13.0. The summed E-state index contributed by atoms with van der Waals surface area (Å²) in [4.78, 5) is 4.97. The number of hydrogen-bond acceptors (Lipinski definition) is 3. The molecule has 2 N–H and O–H groups in total. The first-order valence-electron chi connectivity index (χ1n) is 7.75. The van der Waals surface area contributed by atoms with E-state index in [0.29, 0.717) is 5.41 Å². The molecule has 1 aromatic carbocycles. The number of anilines is 2. The predicted octanol–water partition coefficient (Wildman–Crippen LogP) is 2.85. The largest absolute Gasteiger partial charge is 0.371 e. The van der Waals surface area contributed by atoms with Gasteiger partial charge in [0.25, 0.3) is 0 Å². The van der Waals surface area contributed by atoms with Crippen LogP contribution in [0.25, 0.3) is 0 Å². The number of benzene rings is 1. The number of hydrogen-bond donors (Lipinski definition) is 1. The maximum atomic E-state index is 6.26. The molecule has 3 rings (SSSR count). The summed E-state index contributed by atoms with van der Waals surface area (Å²) in [6, 6.07) is 8.77. The number of para-hydroxylation sites is 2. The van der Waals surface area contributed by atoms with Crippen molar-refractivity contribution in [3.63, 3.8) is 0 Å². The molecule has 20 heavy (non-hydrogen) atoms. The van der Waals surface area contributed by atoms with E-state index < -0.39 is 0 Å². The van der Waals surface area contributed by atoms with Gasteiger partial charge in [0.2, 0.25) is 0 Å². The highest BCUT2D eigenvalue weighted by Crippen LogP contribution is 2.49. The van der Waals surface area contributed by atoms with Crippen LogP contribution in [-0.2, 0) is 0 Å². The first-order valence-corrected chi connectivity index (χ1v) is 7.75. The minimum atomic E-state index is 0.154. The summed E-state index contributed by atoms with van der Waals surface area (Å²) in [5.41, 5.74) is 9.53. The Bertz CT molecular complexity index is 497. The summed E-state index contributed by atoms with van der Waals surface area (Å²) in [6.45, 7) is 7.69. The molecule has 1 aliphatic heterocycles. The van der Waals surface area contributed by atoms with E-state index >= 15 is 0 Å². The van der Waals surface area contributed by atoms with E-state index in [1.807, 2.05) is 0 Å². The van der Waals surface area contributed by atoms with Gasteiger partial charge in [0, 0.05) is 26.7 Å². The van der Waals surface area contributed by atoms with Gasteiger partial charge in [-0.15, -0.1) is 0 Å². The molecule has 1 unspecified atom stereocenters. The number of rotatable bonds is 2. The molecule has 0 radical (unpaired) electrons. The molecule has 1 atom stereocenters. The third-order valence-electron chi connectivity index (χ3n) is 5.27. The van der Waals surface area contributed by atoms with Crippen LogP contribution in [0, 0.1) is 5.41 Å². The fourth-order valence-corrected chi connectivity index (χ4v) is 4.15. The molecular formula is C17H27N3. The van der Waals surface area contributed by atoms with Gasteiger partial charge in [0.15, 0.2) is 0 Å². The predicted molar refractivity (Wildman–Crippen MR) is 86.5 cm³/mol. The SMILES string of the molecule is CN1CCN(C2(CN)CCC(C)(C)C2)c2ccccc21. The van der Waals surface area contributed by atoms with E-state index in [4.69, 9.17) is 5.73 Å². The Kier molecular flexibility index (Phi) is 3.20. The van der Waals surface area contributed by atoms with Crippen molar-refractivity contribution in [3.05, 3.63) is 24.3 Å². The lowest BCUT2D eigenvalue weighted by Crippen LogP contribution is -2.57. The smallest absolute Gasteiger partial charge is 0.0609 e. The topological polar surface area (TPSA) is 32.5 Å². The average Bonchev–Trinajstić information content (AvgIpc) is 2.76. The van der Waals surface area contributed by atoms with Crippen molar-refractivity contribution in [1.82, 2.24) is 0 Å². The average molecular weight is 273 g/mol. The van der Waals surface area contributed by atoms with Crippen molar-refractivity contribution in [1.29, 1.82) is 0 Å². The van der Waals surface area contributed by atoms with Crippen molar-refractivity contribution >= 4 is 11.4 Å². The molecule has 3 heteroatoms. The van der Waals surface area contributed by atoms with Crippen LogP contribution >= 0.6 is 0 Å². The molecule has 1 fully saturated rings. The fourth-order valence-electron chi connectivity index (χ4n) is 4.15. The molecule has 2 aliphatic rings. The van der Waals surface area contributed by atoms with Crippen LogP contribution in [0.4, 0.5) is 11.4 Å². The summed E-state index contributed by atoms with van der Waals surface area (Å²) in [6.07, 6.45) is 3.70. The molecule has 1 aromatic rings. The molecular weight excluding hydrogens is 246 g/mol. The molecule has 1 heterocycles. The highest BCUT2D eigenvalue weighted by Gasteiger charge is 2.47. The van der Waals surface area contributed by atoms with Crippen LogP contribution in [0.3, 0.4) is 0 Å². The third kappa shape index (κ3) is 2.08. The summed E-state index contributed by atoms with van der Waals surface area (Å²) >= 11 is 0. The number of nitrogens with zero attached hydrogens (tertiary/aromatic N) is 2. The van der Waals surface area contributed by atoms with Gasteiger partial charge in [-0.05, 0) is 36.8 Å². The first kappa shape index (κ1) is 13.7. The van der Waals surface area contributed by atoms with Crippen molar-refractivity contribution in [3.8, 4) is 0 Å². The van der Waals surface area contributed by atoms with Gasteiger partial charge in [-0.1, -0.05) is 26.0 Å². The fraction of sp³-hybridized carbons (Fsp3) is 0.647. The molecule has 0 spiro atoms. The molecule has 0 bridgehead atoms. The molecule has 1 saturated carbocycles. The van der Waals surface area contributed by atoms with Gasteiger partial charge in [0.1, 0.15) is 0 Å². The second kappa shape index (κ2) is 4.66. The van der Waals surface area contributed by atoms with Gasteiger partial charge < -0.3 is 15.5 Å².